The number of carbonyl (C=O) groups excluding carboxylic acids is 3. The normalized spacial score (nSPS) is 9.96. The van der Waals surface area contributed by atoms with Crippen LogP contribution in [-0.2, 0) is 14.3 Å². The largest absolute Gasteiger partial charge is 0.494 e. The lowest BCUT2D eigenvalue weighted by Gasteiger charge is -2.11. The number of rotatable bonds is 9. The molecule has 0 bridgehead atoms. The van der Waals surface area contributed by atoms with Gasteiger partial charge in [0.25, 0.3) is 5.91 Å². The van der Waals surface area contributed by atoms with Crippen LogP contribution in [-0.4, -0.2) is 56.5 Å². The molecule has 0 aliphatic heterocycles. The molecule has 0 fully saturated rings. The fraction of sp³-hybridized carbons (Fsp3) is 0.471. The van der Waals surface area contributed by atoms with Crippen molar-refractivity contribution in [3.8, 4) is 5.75 Å². The predicted octanol–water partition coefficient (Wildman–Crippen LogP) is 1.23. The van der Waals surface area contributed by atoms with Crippen molar-refractivity contribution in [2.24, 2.45) is 0 Å². The molecule has 0 spiro atoms. The van der Waals surface area contributed by atoms with Crippen LogP contribution in [0, 0.1) is 0 Å². The lowest BCUT2D eigenvalue weighted by molar-refractivity contribution is -0.131. The van der Waals surface area contributed by atoms with Crippen LogP contribution in [0.3, 0.4) is 0 Å². The first kappa shape index (κ1) is 19.5. The van der Waals surface area contributed by atoms with Crippen molar-refractivity contribution >= 4 is 17.8 Å². The number of benzene rings is 1. The van der Waals surface area contributed by atoms with E-state index < -0.39 is 18.5 Å². The molecule has 1 rings (SSSR count). The van der Waals surface area contributed by atoms with Crippen LogP contribution in [0.15, 0.2) is 24.3 Å². The molecular formula is C17H24N2O5. The number of unbranched alkanes of at least 4 members (excludes halogenated alkanes) is 1. The summed E-state index contributed by atoms with van der Waals surface area (Å²) in [4.78, 5) is 36.1. The Balaban J connectivity index is 2.36. The number of likely N-dealkylation sites (N-methyl/N-ethyl adjacent to an activating group) is 1. The van der Waals surface area contributed by atoms with Crippen LogP contribution in [0.1, 0.15) is 30.1 Å². The van der Waals surface area contributed by atoms with Gasteiger partial charge in [-0.05, 0) is 30.7 Å². The lowest BCUT2D eigenvalue weighted by Crippen LogP contribution is -2.38. The molecule has 0 saturated carbocycles. The number of nitrogens with zero attached hydrogens (tertiary/aromatic N) is 1. The second kappa shape index (κ2) is 10.3. The summed E-state index contributed by atoms with van der Waals surface area (Å²) in [6.45, 7) is 2.14. The summed E-state index contributed by atoms with van der Waals surface area (Å²) < 4.78 is 10.4. The Morgan fingerprint density at radius 3 is 2.38 bits per heavy atom. The number of amides is 2. The van der Waals surface area contributed by atoms with E-state index in [4.69, 9.17) is 9.47 Å². The van der Waals surface area contributed by atoms with E-state index in [1.807, 2.05) is 0 Å². The minimum absolute atomic E-state index is 0.132. The first-order chi connectivity index (χ1) is 11.4. The highest BCUT2D eigenvalue weighted by Gasteiger charge is 2.12. The third-order valence-corrected chi connectivity index (χ3v) is 3.13. The van der Waals surface area contributed by atoms with E-state index in [0.29, 0.717) is 17.9 Å². The fourth-order valence-electron chi connectivity index (χ4n) is 1.62. The van der Waals surface area contributed by atoms with E-state index in [1.54, 1.807) is 38.4 Å². The Morgan fingerprint density at radius 1 is 1.12 bits per heavy atom. The van der Waals surface area contributed by atoms with Gasteiger partial charge < -0.3 is 19.7 Å². The maximum atomic E-state index is 11.8. The quantitative estimate of drug-likeness (QED) is 0.541. The summed E-state index contributed by atoms with van der Waals surface area (Å²) in [7, 11) is 3.17. The van der Waals surface area contributed by atoms with E-state index >= 15 is 0 Å². The van der Waals surface area contributed by atoms with Crippen molar-refractivity contribution in [1.29, 1.82) is 0 Å². The standard InChI is InChI=1S/C17H24N2O5/c1-4-5-10-23-14-8-6-13(7-9-14)17(22)24-12-15(20)18-11-16(21)19(2)3/h6-9H,4-5,10-12H2,1-3H3,(H,18,20). The van der Waals surface area contributed by atoms with Crippen molar-refractivity contribution in [3.63, 3.8) is 0 Å². The van der Waals surface area contributed by atoms with Gasteiger partial charge in [-0.1, -0.05) is 13.3 Å². The third kappa shape index (κ3) is 7.13. The Morgan fingerprint density at radius 2 is 1.79 bits per heavy atom. The summed E-state index contributed by atoms with van der Waals surface area (Å²) in [5.74, 6) is -0.699. The minimum Gasteiger partial charge on any atom is -0.494 e. The molecule has 0 heterocycles. The second-order valence-corrected chi connectivity index (χ2v) is 5.37. The van der Waals surface area contributed by atoms with Gasteiger partial charge in [0.2, 0.25) is 5.91 Å². The predicted molar refractivity (Wildman–Crippen MR) is 88.8 cm³/mol. The van der Waals surface area contributed by atoms with Gasteiger partial charge in [-0.3, -0.25) is 9.59 Å². The monoisotopic (exact) mass is 336 g/mol. The molecule has 0 saturated heterocycles. The highest BCUT2D eigenvalue weighted by molar-refractivity contribution is 5.92. The number of hydrogen-bond donors (Lipinski definition) is 1. The van der Waals surface area contributed by atoms with Crippen LogP contribution < -0.4 is 10.1 Å². The Kier molecular flexibility index (Phi) is 8.32. The number of nitrogens with one attached hydrogen (secondary N) is 1. The highest BCUT2D eigenvalue weighted by Crippen LogP contribution is 2.13. The molecule has 7 heteroatoms. The van der Waals surface area contributed by atoms with Gasteiger partial charge in [-0.15, -0.1) is 0 Å². The summed E-state index contributed by atoms with van der Waals surface area (Å²) in [5, 5.41) is 2.38. The van der Waals surface area contributed by atoms with E-state index in [0.717, 1.165) is 12.8 Å². The van der Waals surface area contributed by atoms with Gasteiger partial charge in [0, 0.05) is 14.1 Å². The molecule has 1 aromatic carbocycles. The number of esters is 1. The SMILES string of the molecule is CCCCOc1ccc(C(=O)OCC(=O)NCC(=O)N(C)C)cc1. The lowest BCUT2D eigenvalue weighted by atomic mass is 10.2. The smallest absolute Gasteiger partial charge is 0.338 e. The van der Waals surface area contributed by atoms with Gasteiger partial charge in [-0.25, -0.2) is 4.79 Å². The first-order valence-corrected chi connectivity index (χ1v) is 7.81. The minimum atomic E-state index is -0.607. The van der Waals surface area contributed by atoms with Gasteiger partial charge in [0.1, 0.15) is 5.75 Å². The van der Waals surface area contributed by atoms with Crippen LogP contribution in [0.5, 0.6) is 5.75 Å². The van der Waals surface area contributed by atoms with E-state index in [-0.39, 0.29) is 12.5 Å². The van der Waals surface area contributed by atoms with E-state index in [2.05, 4.69) is 12.2 Å². The number of ether oxygens (including phenoxy) is 2. The van der Waals surface area contributed by atoms with Crippen molar-refractivity contribution in [1.82, 2.24) is 10.2 Å². The van der Waals surface area contributed by atoms with Gasteiger partial charge in [-0.2, -0.15) is 0 Å². The van der Waals surface area contributed by atoms with Crippen molar-refractivity contribution in [2.75, 3.05) is 33.9 Å². The molecule has 0 aliphatic carbocycles. The van der Waals surface area contributed by atoms with Crippen LogP contribution in [0.25, 0.3) is 0 Å². The summed E-state index contributed by atoms with van der Waals surface area (Å²) in [6, 6.07) is 6.53. The zero-order valence-electron chi connectivity index (χ0n) is 14.3. The average Bonchev–Trinajstić information content (AvgIpc) is 2.58. The van der Waals surface area contributed by atoms with Crippen LogP contribution in [0.4, 0.5) is 0 Å². The molecule has 1 aromatic rings. The zero-order valence-corrected chi connectivity index (χ0v) is 14.3. The molecule has 1 N–H and O–H groups in total. The fourth-order valence-corrected chi connectivity index (χ4v) is 1.62. The average molecular weight is 336 g/mol. The summed E-state index contributed by atoms with van der Waals surface area (Å²) in [6.07, 6.45) is 2.02. The third-order valence-electron chi connectivity index (χ3n) is 3.13. The highest BCUT2D eigenvalue weighted by atomic mass is 16.5. The first-order valence-electron chi connectivity index (χ1n) is 7.81. The Bertz CT molecular complexity index is 555. The van der Waals surface area contributed by atoms with Crippen LogP contribution >= 0.6 is 0 Å². The zero-order chi connectivity index (χ0) is 17.9. The molecule has 2 amide bonds. The topological polar surface area (TPSA) is 84.9 Å². The molecule has 0 aliphatic rings. The van der Waals surface area contributed by atoms with Gasteiger partial charge >= 0.3 is 5.97 Å². The summed E-state index contributed by atoms with van der Waals surface area (Å²) in [5.41, 5.74) is 0.329. The van der Waals surface area contributed by atoms with Crippen molar-refractivity contribution in [3.05, 3.63) is 29.8 Å². The molecular weight excluding hydrogens is 312 g/mol. The maximum Gasteiger partial charge on any atom is 0.338 e. The van der Waals surface area contributed by atoms with E-state index in [9.17, 15) is 14.4 Å². The molecule has 24 heavy (non-hydrogen) atoms. The molecule has 0 radical (unpaired) electrons. The molecule has 0 aromatic heterocycles. The number of carbonyl (C=O) groups is 3. The van der Waals surface area contributed by atoms with Gasteiger partial charge in [0.05, 0.1) is 18.7 Å². The molecule has 7 nitrogen and oxygen atoms in total. The molecule has 0 unspecified atom stereocenters. The van der Waals surface area contributed by atoms with Gasteiger partial charge in [0.15, 0.2) is 6.61 Å². The maximum absolute atomic E-state index is 11.8. The van der Waals surface area contributed by atoms with Crippen molar-refractivity contribution < 1.29 is 23.9 Å². The second-order valence-electron chi connectivity index (χ2n) is 5.37. The Hall–Kier alpha value is -2.57. The van der Waals surface area contributed by atoms with Crippen LogP contribution in [0.2, 0.25) is 0 Å². The van der Waals surface area contributed by atoms with E-state index in [1.165, 1.54) is 4.90 Å². The van der Waals surface area contributed by atoms with Crippen molar-refractivity contribution in [2.45, 2.75) is 19.8 Å². The molecule has 132 valence electrons. The number of hydrogen-bond acceptors (Lipinski definition) is 5. The summed E-state index contributed by atoms with van der Waals surface area (Å²) >= 11 is 0. The Labute approximate surface area is 141 Å². The molecule has 0 atom stereocenters.